The molecule has 1 atom stereocenters. The van der Waals surface area contributed by atoms with Gasteiger partial charge in [0, 0.05) is 12.1 Å². The second-order valence-electron chi connectivity index (χ2n) is 3.48. The highest BCUT2D eigenvalue weighted by atomic mass is 19.1. The van der Waals surface area contributed by atoms with Gasteiger partial charge in [0.1, 0.15) is 5.82 Å². The van der Waals surface area contributed by atoms with Gasteiger partial charge in [0.2, 0.25) is 0 Å². The Morgan fingerprint density at radius 1 is 1.53 bits per heavy atom. The summed E-state index contributed by atoms with van der Waals surface area (Å²) in [5.41, 5.74) is 1.81. The molecule has 1 heterocycles. The number of rotatable bonds is 2. The monoisotopic (exact) mass is 211 g/mol. The summed E-state index contributed by atoms with van der Waals surface area (Å²) in [6.45, 7) is 1.34. The fourth-order valence-corrected chi connectivity index (χ4v) is 1.90. The average Bonchev–Trinajstić information content (AvgIpc) is 2.19. The first kappa shape index (κ1) is 12.1. The van der Waals surface area contributed by atoms with Gasteiger partial charge in [-0.25, -0.2) is 4.39 Å². The SMILES string of the molecule is C.CNC[C@@H]1OCCc2cccc(F)c21. The molecule has 0 radical (unpaired) electrons. The lowest BCUT2D eigenvalue weighted by Crippen LogP contribution is -2.26. The van der Waals surface area contributed by atoms with Crippen molar-refractivity contribution in [3.05, 3.63) is 35.1 Å². The number of ether oxygens (including phenoxy) is 1. The lowest BCUT2D eigenvalue weighted by atomic mass is 9.97. The lowest BCUT2D eigenvalue weighted by Gasteiger charge is -2.26. The van der Waals surface area contributed by atoms with Gasteiger partial charge in [-0.3, -0.25) is 0 Å². The van der Waals surface area contributed by atoms with Crippen LogP contribution in [0.4, 0.5) is 4.39 Å². The highest BCUT2D eigenvalue weighted by molar-refractivity contribution is 5.32. The van der Waals surface area contributed by atoms with E-state index in [0.717, 1.165) is 17.5 Å². The van der Waals surface area contributed by atoms with Crippen molar-refractivity contribution in [3.63, 3.8) is 0 Å². The van der Waals surface area contributed by atoms with Crippen LogP contribution in [0.3, 0.4) is 0 Å². The van der Waals surface area contributed by atoms with E-state index in [0.29, 0.717) is 13.2 Å². The van der Waals surface area contributed by atoms with Crippen molar-refractivity contribution < 1.29 is 9.13 Å². The largest absolute Gasteiger partial charge is 0.372 e. The Morgan fingerprint density at radius 3 is 3.07 bits per heavy atom. The topological polar surface area (TPSA) is 21.3 Å². The molecule has 1 N–H and O–H groups in total. The fraction of sp³-hybridized carbons (Fsp3) is 0.500. The molecular weight excluding hydrogens is 193 g/mol. The molecule has 2 nitrogen and oxygen atoms in total. The highest BCUT2D eigenvalue weighted by Crippen LogP contribution is 2.28. The van der Waals surface area contributed by atoms with Gasteiger partial charge < -0.3 is 10.1 Å². The van der Waals surface area contributed by atoms with Crippen molar-refractivity contribution in [2.75, 3.05) is 20.2 Å². The fourth-order valence-electron chi connectivity index (χ4n) is 1.90. The zero-order valence-electron chi connectivity index (χ0n) is 8.22. The van der Waals surface area contributed by atoms with Gasteiger partial charge in [-0.1, -0.05) is 19.6 Å². The quantitative estimate of drug-likeness (QED) is 0.810. The van der Waals surface area contributed by atoms with E-state index in [4.69, 9.17) is 4.74 Å². The van der Waals surface area contributed by atoms with E-state index >= 15 is 0 Å². The molecule has 0 spiro atoms. The first-order valence-electron chi connectivity index (χ1n) is 4.86. The summed E-state index contributed by atoms with van der Waals surface area (Å²) >= 11 is 0. The van der Waals surface area contributed by atoms with E-state index < -0.39 is 0 Å². The van der Waals surface area contributed by atoms with Crippen molar-refractivity contribution in [2.24, 2.45) is 0 Å². The normalized spacial score (nSPS) is 19.2. The third-order valence-corrected chi connectivity index (χ3v) is 2.55. The first-order chi connectivity index (χ1) is 6.83. The van der Waals surface area contributed by atoms with Crippen molar-refractivity contribution in [3.8, 4) is 0 Å². The number of fused-ring (bicyclic) bond motifs is 1. The predicted octanol–water partition coefficient (Wildman–Crippen LogP) is 2.29. The Balaban J connectivity index is 0.00000112. The molecule has 15 heavy (non-hydrogen) atoms. The van der Waals surface area contributed by atoms with E-state index in [1.54, 1.807) is 6.07 Å². The summed E-state index contributed by atoms with van der Waals surface area (Å²) in [6.07, 6.45) is 0.678. The Morgan fingerprint density at radius 2 is 2.33 bits per heavy atom. The molecule has 1 aromatic rings. The average molecular weight is 211 g/mol. The summed E-state index contributed by atoms with van der Waals surface area (Å²) in [7, 11) is 1.85. The molecule has 1 aromatic carbocycles. The highest BCUT2D eigenvalue weighted by Gasteiger charge is 2.23. The Hall–Kier alpha value is -0.930. The molecule has 0 aromatic heterocycles. The van der Waals surface area contributed by atoms with Gasteiger partial charge in [0.15, 0.2) is 0 Å². The van der Waals surface area contributed by atoms with Crippen LogP contribution >= 0.6 is 0 Å². The molecule has 2 rings (SSSR count). The van der Waals surface area contributed by atoms with E-state index in [1.807, 2.05) is 13.1 Å². The zero-order chi connectivity index (χ0) is 9.97. The minimum absolute atomic E-state index is 0. The predicted molar refractivity (Wildman–Crippen MR) is 59.5 cm³/mol. The number of halogens is 1. The Kier molecular flexibility index (Phi) is 4.24. The van der Waals surface area contributed by atoms with Crippen LogP contribution < -0.4 is 5.32 Å². The van der Waals surface area contributed by atoms with E-state index in [9.17, 15) is 4.39 Å². The molecule has 3 heteroatoms. The lowest BCUT2D eigenvalue weighted by molar-refractivity contribution is 0.0410. The molecule has 1 aliphatic heterocycles. The molecule has 84 valence electrons. The van der Waals surface area contributed by atoms with Crippen LogP contribution in [0, 0.1) is 5.82 Å². The van der Waals surface area contributed by atoms with Crippen LogP contribution in [0.2, 0.25) is 0 Å². The molecular formula is C12H18FNO. The van der Waals surface area contributed by atoms with Crippen LogP contribution in [0.1, 0.15) is 24.7 Å². The summed E-state index contributed by atoms with van der Waals surface area (Å²) in [6, 6.07) is 5.23. The van der Waals surface area contributed by atoms with Gasteiger partial charge >= 0.3 is 0 Å². The third-order valence-electron chi connectivity index (χ3n) is 2.55. The van der Waals surface area contributed by atoms with Crippen LogP contribution in [-0.2, 0) is 11.2 Å². The van der Waals surface area contributed by atoms with Crippen LogP contribution in [0.15, 0.2) is 18.2 Å². The van der Waals surface area contributed by atoms with E-state index in [2.05, 4.69) is 5.32 Å². The summed E-state index contributed by atoms with van der Waals surface area (Å²) < 4.78 is 19.1. The molecule has 0 unspecified atom stereocenters. The number of likely N-dealkylation sites (N-methyl/N-ethyl adjacent to an activating group) is 1. The Labute approximate surface area is 90.4 Å². The number of hydrogen-bond donors (Lipinski definition) is 1. The van der Waals surface area contributed by atoms with Crippen LogP contribution in [0.25, 0.3) is 0 Å². The molecule has 0 bridgehead atoms. The minimum atomic E-state index is -0.151. The van der Waals surface area contributed by atoms with Crippen molar-refractivity contribution in [1.29, 1.82) is 0 Å². The van der Waals surface area contributed by atoms with E-state index in [-0.39, 0.29) is 19.3 Å². The minimum Gasteiger partial charge on any atom is -0.372 e. The molecule has 0 amide bonds. The first-order valence-corrected chi connectivity index (χ1v) is 4.86. The zero-order valence-corrected chi connectivity index (χ0v) is 8.22. The molecule has 0 aliphatic carbocycles. The molecule has 0 saturated carbocycles. The molecule has 0 saturated heterocycles. The number of benzene rings is 1. The summed E-state index contributed by atoms with van der Waals surface area (Å²) in [5, 5.41) is 3.01. The maximum absolute atomic E-state index is 13.5. The second kappa shape index (κ2) is 5.24. The standard InChI is InChI=1S/C11H14FNO.CH4/c1-13-7-10-11-8(5-6-14-10)3-2-4-9(11)12;/h2-4,10,13H,5-7H2,1H3;1H4/t10-;/m0./s1. The third kappa shape index (κ3) is 2.36. The van der Waals surface area contributed by atoms with Gasteiger partial charge in [0.25, 0.3) is 0 Å². The number of nitrogens with one attached hydrogen (secondary N) is 1. The van der Waals surface area contributed by atoms with Gasteiger partial charge in [-0.05, 0) is 25.1 Å². The van der Waals surface area contributed by atoms with Gasteiger partial charge in [-0.15, -0.1) is 0 Å². The molecule has 1 aliphatic rings. The summed E-state index contributed by atoms with van der Waals surface area (Å²) in [5.74, 6) is -0.151. The van der Waals surface area contributed by atoms with E-state index in [1.165, 1.54) is 6.07 Å². The van der Waals surface area contributed by atoms with Crippen LogP contribution in [-0.4, -0.2) is 20.2 Å². The van der Waals surface area contributed by atoms with Gasteiger partial charge in [-0.2, -0.15) is 0 Å². The summed E-state index contributed by atoms with van der Waals surface area (Å²) in [4.78, 5) is 0. The smallest absolute Gasteiger partial charge is 0.129 e. The van der Waals surface area contributed by atoms with Crippen molar-refractivity contribution >= 4 is 0 Å². The maximum Gasteiger partial charge on any atom is 0.129 e. The second-order valence-corrected chi connectivity index (χ2v) is 3.48. The maximum atomic E-state index is 13.5. The van der Waals surface area contributed by atoms with Crippen molar-refractivity contribution in [2.45, 2.75) is 20.0 Å². The van der Waals surface area contributed by atoms with Crippen molar-refractivity contribution in [1.82, 2.24) is 5.32 Å². The Bertz CT molecular complexity index is 327. The van der Waals surface area contributed by atoms with Gasteiger partial charge in [0.05, 0.1) is 12.7 Å². The molecule has 0 fully saturated rings. The van der Waals surface area contributed by atoms with Crippen LogP contribution in [0.5, 0.6) is 0 Å². The number of hydrogen-bond acceptors (Lipinski definition) is 2.